The van der Waals surface area contributed by atoms with E-state index in [1.807, 2.05) is 6.07 Å². The predicted molar refractivity (Wildman–Crippen MR) is 65.2 cm³/mol. The minimum Gasteiger partial charge on any atom is -0.390 e. The quantitative estimate of drug-likeness (QED) is 0.700. The van der Waals surface area contributed by atoms with Crippen LogP contribution in [0.15, 0.2) is 18.2 Å². The normalized spacial score (nSPS) is 14.1. The Kier molecular flexibility index (Phi) is 5.42. The van der Waals surface area contributed by atoms with Gasteiger partial charge in [-0.05, 0) is 23.8 Å². The third-order valence-electron chi connectivity index (χ3n) is 2.48. The van der Waals surface area contributed by atoms with Crippen LogP contribution in [0.4, 0.5) is 4.39 Å². The largest absolute Gasteiger partial charge is 0.390 e. The standard InChI is InChI=1S/C12H14FNO2S/c13-10-7-9(2-1-8(10)3-5-14)12(16)11(15)4-6-17/h1-2,7,11-12,15-17H,3-4,6H2. The zero-order valence-electron chi connectivity index (χ0n) is 9.17. The lowest BCUT2D eigenvalue weighted by Crippen LogP contribution is -2.18. The summed E-state index contributed by atoms with van der Waals surface area (Å²) in [5.41, 5.74) is 0.589. The minimum absolute atomic E-state index is 0.0125. The maximum Gasteiger partial charge on any atom is 0.127 e. The molecule has 0 heterocycles. The number of halogens is 1. The molecular formula is C12H14FNO2S. The van der Waals surface area contributed by atoms with Crippen molar-refractivity contribution in [3.8, 4) is 6.07 Å². The predicted octanol–water partition coefficient (Wildman–Crippen LogP) is 1.61. The number of rotatable bonds is 5. The van der Waals surface area contributed by atoms with Gasteiger partial charge in [0.1, 0.15) is 11.9 Å². The highest BCUT2D eigenvalue weighted by Gasteiger charge is 2.18. The highest BCUT2D eigenvalue weighted by molar-refractivity contribution is 7.80. The second-order valence-corrected chi connectivity index (χ2v) is 4.16. The van der Waals surface area contributed by atoms with Crippen LogP contribution in [0.5, 0.6) is 0 Å². The van der Waals surface area contributed by atoms with Crippen molar-refractivity contribution in [1.82, 2.24) is 0 Å². The van der Waals surface area contributed by atoms with Gasteiger partial charge < -0.3 is 10.2 Å². The molecule has 0 radical (unpaired) electrons. The van der Waals surface area contributed by atoms with E-state index in [4.69, 9.17) is 5.26 Å². The first-order valence-corrected chi connectivity index (χ1v) is 5.85. The van der Waals surface area contributed by atoms with Crippen LogP contribution in [0, 0.1) is 17.1 Å². The number of hydrogen-bond donors (Lipinski definition) is 3. The third kappa shape index (κ3) is 3.70. The Morgan fingerprint density at radius 2 is 2.12 bits per heavy atom. The molecule has 3 nitrogen and oxygen atoms in total. The number of nitrogens with zero attached hydrogens (tertiary/aromatic N) is 1. The van der Waals surface area contributed by atoms with Crippen LogP contribution in [0.2, 0.25) is 0 Å². The average molecular weight is 255 g/mol. The van der Waals surface area contributed by atoms with Gasteiger partial charge >= 0.3 is 0 Å². The van der Waals surface area contributed by atoms with Crippen LogP contribution in [-0.4, -0.2) is 22.1 Å². The summed E-state index contributed by atoms with van der Waals surface area (Å²) in [4.78, 5) is 0. The van der Waals surface area contributed by atoms with E-state index in [0.29, 0.717) is 17.7 Å². The molecule has 2 atom stereocenters. The molecule has 1 aromatic carbocycles. The summed E-state index contributed by atoms with van der Waals surface area (Å²) < 4.78 is 13.5. The van der Waals surface area contributed by atoms with E-state index in [1.54, 1.807) is 0 Å². The van der Waals surface area contributed by atoms with Crippen molar-refractivity contribution in [2.45, 2.75) is 25.0 Å². The smallest absolute Gasteiger partial charge is 0.127 e. The maximum atomic E-state index is 13.5. The lowest BCUT2D eigenvalue weighted by molar-refractivity contribution is 0.0171. The molecule has 0 saturated carbocycles. The monoisotopic (exact) mass is 255 g/mol. The summed E-state index contributed by atoms with van der Waals surface area (Å²) in [5, 5.41) is 27.8. The minimum atomic E-state index is -1.13. The molecule has 0 aliphatic carbocycles. The molecule has 1 aromatic rings. The third-order valence-corrected chi connectivity index (χ3v) is 2.74. The Morgan fingerprint density at radius 3 is 2.65 bits per heavy atom. The number of hydrogen-bond acceptors (Lipinski definition) is 4. The Bertz CT molecular complexity index is 419. The van der Waals surface area contributed by atoms with Gasteiger partial charge in [0.2, 0.25) is 0 Å². The van der Waals surface area contributed by atoms with E-state index in [9.17, 15) is 14.6 Å². The van der Waals surface area contributed by atoms with E-state index >= 15 is 0 Å². The molecular weight excluding hydrogens is 241 g/mol. The van der Waals surface area contributed by atoms with E-state index < -0.39 is 18.0 Å². The Morgan fingerprint density at radius 1 is 1.41 bits per heavy atom. The van der Waals surface area contributed by atoms with Crippen LogP contribution >= 0.6 is 12.6 Å². The number of aliphatic hydroxyl groups is 2. The second-order valence-electron chi connectivity index (χ2n) is 3.71. The van der Waals surface area contributed by atoms with Gasteiger partial charge in [-0.3, -0.25) is 0 Å². The van der Waals surface area contributed by atoms with Gasteiger partial charge in [-0.2, -0.15) is 17.9 Å². The summed E-state index contributed by atoms with van der Waals surface area (Å²) in [7, 11) is 0. The Balaban J connectivity index is 2.86. The van der Waals surface area contributed by atoms with Crippen LogP contribution in [0.25, 0.3) is 0 Å². The second kappa shape index (κ2) is 6.60. The first-order chi connectivity index (χ1) is 8.10. The van der Waals surface area contributed by atoms with E-state index in [0.717, 1.165) is 6.07 Å². The number of nitriles is 1. The number of thiol groups is 1. The molecule has 5 heteroatoms. The van der Waals surface area contributed by atoms with Gasteiger partial charge in [0.25, 0.3) is 0 Å². The van der Waals surface area contributed by atoms with Crippen molar-refractivity contribution in [3.63, 3.8) is 0 Å². The topological polar surface area (TPSA) is 64.2 Å². The summed E-state index contributed by atoms with van der Waals surface area (Å²) in [6.07, 6.45) is -1.78. The van der Waals surface area contributed by atoms with E-state index in [-0.39, 0.29) is 12.0 Å². The lowest BCUT2D eigenvalue weighted by Gasteiger charge is -2.17. The van der Waals surface area contributed by atoms with Gasteiger partial charge in [0.05, 0.1) is 18.6 Å². The first kappa shape index (κ1) is 14.0. The number of benzene rings is 1. The van der Waals surface area contributed by atoms with Crippen molar-refractivity contribution >= 4 is 12.6 Å². The van der Waals surface area contributed by atoms with Crippen LogP contribution in [0.3, 0.4) is 0 Å². The zero-order valence-corrected chi connectivity index (χ0v) is 10.1. The van der Waals surface area contributed by atoms with Crippen molar-refractivity contribution in [2.75, 3.05) is 5.75 Å². The molecule has 0 amide bonds. The Labute approximate surface area is 105 Å². The molecule has 1 rings (SSSR count). The lowest BCUT2D eigenvalue weighted by atomic mass is 10.0. The van der Waals surface area contributed by atoms with Gasteiger partial charge in [0.15, 0.2) is 0 Å². The summed E-state index contributed by atoms with van der Waals surface area (Å²) in [5.74, 6) is -0.103. The summed E-state index contributed by atoms with van der Waals surface area (Å²) in [6.45, 7) is 0. The van der Waals surface area contributed by atoms with Crippen molar-refractivity contribution in [3.05, 3.63) is 35.1 Å². The fraction of sp³-hybridized carbons (Fsp3) is 0.417. The molecule has 0 aliphatic heterocycles. The van der Waals surface area contributed by atoms with Crippen molar-refractivity contribution < 1.29 is 14.6 Å². The molecule has 0 fully saturated rings. The molecule has 0 saturated heterocycles. The van der Waals surface area contributed by atoms with Crippen molar-refractivity contribution in [2.24, 2.45) is 0 Å². The average Bonchev–Trinajstić information content (AvgIpc) is 2.31. The molecule has 17 heavy (non-hydrogen) atoms. The molecule has 92 valence electrons. The molecule has 2 N–H and O–H groups in total. The highest BCUT2D eigenvalue weighted by Crippen LogP contribution is 2.21. The van der Waals surface area contributed by atoms with Crippen LogP contribution < -0.4 is 0 Å². The fourth-order valence-electron chi connectivity index (χ4n) is 1.49. The van der Waals surface area contributed by atoms with Gasteiger partial charge in [-0.1, -0.05) is 12.1 Å². The van der Waals surface area contributed by atoms with Gasteiger partial charge in [0, 0.05) is 5.56 Å². The van der Waals surface area contributed by atoms with Crippen LogP contribution in [-0.2, 0) is 6.42 Å². The SMILES string of the molecule is N#CCc1ccc(C(O)C(O)CCS)cc1F. The summed E-state index contributed by atoms with van der Waals surface area (Å²) in [6, 6.07) is 5.97. The molecule has 0 aliphatic rings. The van der Waals surface area contributed by atoms with E-state index in [1.165, 1.54) is 12.1 Å². The molecule has 0 bridgehead atoms. The molecule has 0 spiro atoms. The molecule has 2 unspecified atom stereocenters. The number of aliphatic hydroxyl groups excluding tert-OH is 2. The Hall–Kier alpha value is -1.09. The van der Waals surface area contributed by atoms with Gasteiger partial charge in [-0.15, -0.1) is 0 Å². The van der Waals surface area contributed by atoms with Gasteiger partial charge in [-0.25, -0.2) is 4.39 Å². The molecule has 0 aromatic heterocycles. The highest BCUT2D eigenvalue weighted by atomic mass is 32.1. The first-order valence-electron chi connectivity index (χ1n) is 5.22. The van der Waals surface area contributed by atoms with Crippen LogP contribution in [0.1, 0.15) is 23.7 Å². The van der Waals surface area contributed by atoms with Crippen molar-refractivity contribution in [1.29, 1.82) is 5.26 Å². The maximum absolute atomic E-state index is 13.5. The zero-order chi connectivity index (χ0) is 12.8. The summed E-state index contributed by atoms with van der Waals surface area (Å²) >= 11 is 3.95. The van der Waals surface area contributed by atoms with E-state index in [2.05, 4.69) is 12.6 Å². The fourth-order valence-corrected chi connectivity index (χ4v) is 1.75.